The summed E-state index contributed by atoms with van der Waals surface area (Å²) in [5.41, 5.74) is 0. The van der Waals surface area contributed by atoms with Gasteiger partial charge >= 0.3 is 113 Å². The van der Waals surface area contributed by atoms with E-state index in [2.05, 4.69) is 52.5 Å². The maximum atomic E-state index is 2.31. The van der Waals surface area contributed by atoms with Crippen LogP contribution >= 0.6 is 34.0 Å². The molecule has 0 aliphatic rings. The average molecular weight is 319 g/mol. The quantitative estimate of drug-likeness (QED) is 0.651. The van der Waals surface area contributed by atoms with Crippen molar-refractivity contribution >= 4 is 60.5 Å². The van der Waals surface area contributed by atoms with Crippen molar-refractivity contribution in [3.05, 3.63) is 52.5 Å². The van der Waals surface area contributed by atoms with Crippen LogP contribution in [-0.2, 0) is 0 Å². The fourth-order valence-corrected chi connectivity index (χ4v) is 16.5. The molecule has 0 saturated heterocycles. The Bertz CT molecular complexity index is 441. The van der Waals surface area contributed by atoms with Gasteiger partial charge in [-0.1, -0.05) is 0 Å². The molecule has 0 nitrogen and oxygen atoms in total. The molecule has 3 heterocycles. The first kappa shape index (κ1) is 10.9. The van der Waals surface area contributed by atoms with E-state index in [1.54, 1.807) is 10.3 Å². The summed E-state index contributed by atoms with van der Waals surface area (Å²) >= 11 is 4.12. The molecule has 0 unspecified atom stereocenters. The Labute approximate surface area is 112 Å². The second kappa shape index (κ2) is 4.94. The predicted molar refractivity (Wildman–Crippen MR) is 77.6 cm³/mol. The molecular formula is C12H9GaS3. The summed E-state index contributed by atoms with van der Waals surface area (Å²) in [5.74, 6) is 0. The van der Waals surface area contributed by atoms with Gasteiger partial charge in [-0.3, -0.25) is 0 Å². The van der Waals surface area contributed by atoms with E-state index in [0.29, 0.717) is 0 Å². The topological polar surface area (TPSA) is 0 Å². The fraction of sp³-hybridized carbons (Fsp3) is 0. The molecule has 16 heavy (non-hydrogen) atoms. The Hall–Kier alpha value is -0.264. The molecular weight excluding hydrogens is 310 g/mol. The SMILES string of the molecule is c1cs[c]([Ga]([c]2cccs2)[c]2cccs2)c1. The van der Waals surface area contributed by atoms with Crippen LogP contribution in [0.25, 0.3) is 0 Å². The van der Waals surface area contributed by atoms with Crippen LogP contribution in [0.5, 0.6) is 0 Å². The maximum absolute atomic E-state index is 2.31. The van der Waals surface area contributed by atoms with Gasteiger partial charge in [-0.25, -0.2) is 0 Å². The Balaban J connectivity index is 2.09. The zero-order valence-electron chi connectivity index (χ0n) is 8.50. The molecule has 78 valence electrons. The molecule has 0 fully saturated rings. The zero-order valence-corrected chi connectivity index (χ0v) is 13.4. The van der Waals surface area contributed by atoms with Gasteiger partial charge < -0.3 is 0 Å². The Morgan fingerprint density at radius 2 is 1.00 bits per heavy atom. The summed E-state index contributed by atoms with van der Waals surface area (Å²) in [4.78, 5) is 0. The van der Waals surface area contributed by atoms with Crippen molar-refractivity contribution in [1.29, 1.82) is 0 Å². The average Bonchev–Trinajstić information content (AvgIpc) is 3.02. The van der Waals surface area contributed by atoms with Gasteiger partial charge in [0.2, 0.25) is 0 Å². The van der Waals surface area contributed by atoms with E-state index in [9.17, 15) is 0 Å². The van der Waals surface area contributed by atoms with Crippen molar-refractivity contribution in [3.8, 4) is 0 Å². The number of thiophene rings is 3. The van der Waals surface area contributed by atoms with Crippen LogP contribution in [0.4, 0.5) is 0 Å². The standard InChI is InChI=1S/3C4H3S.Ga/c3*1-2-4-5-3-1;/h3*1-3H;. The molecule has 0 radical (unpaired) electrons. The third kappa shape index (κ3) is 2.08. The van der Waals surface area contributed by atoms with Crippen molar-refractivity contribution in [3.63, 3.8) is 0 Å². The van der Waals surface area contributed by atoms with Gasteiger partial charge in [0.25, 0.3) is 0 Å². The zero-order chi connectivity index (χ0) is 10.8. The van der Waals surface area contributed by atoms with E-state index in [1.165, 1.54) is 0 Å². The van der Waals surface area contributed by atoms with E-state index in [0.717, 1.165) is 0 Å². The molecule has 4 heteroatoms. The monoisotopic (exact) mass is 318 g/mol. The number of hydrogen-bond donors (Lipinski definition) is 0. The molecule has 0 aromatic carbocycles. The minimum absolute atomic E-state index is 1.62. The van der Waals surface area contributed by atoms with Gasteiger partial charge in [0.1, 0.15) is 0 Å². The van der Waals surface area contributed by atoms with Crippen molar-refractivity contribution in [1.82, 2.24) is 0 Å². The van der Waals surface area contributed by atoms with Crippen molar-refractivity contribution in [2.45, 2.75) is 0 Å². The summed E-state index contributed by atoms with van der Waals surface area (Å²) in [7, 11) is 0. The molecule has 3 aromatic rings. The summed E-state index contributed by atoms with van der Waals surface area (Å²) in [6, 6.07) is 13.5. The van der Waals surface area contributed by atoms with Crippen LogP contribution in [0.15, 0.2) is 52.5 Å². The molecule has 0 aliphatic carbocycles. The molecule has 0 bridgehead atoms. The first-order chi connectivity index (χ1) is 7.95. The van der Waals surface area contributed by atoms with Gasteiger partial charge in [0, 0.05) is 0 Å². The molecule has 0 spiro atoms. The molecule has 0 N–H and O–H groups in total. The summed E-state index contributed by atoms with van der Waals surface area (Å²) in [6.45, 7) is 0. The Morgan fingerprint density at radius 3 is 1.25 bits per heavy atom. The first-order valence-electron chi connectivity index (χ1n) is 5.05. The fourth-order valence-electron chi connectivity index (χ4n) is 1.79. The second-order valence-electron chi connectivity index (χ2n) is 3.48. The van der Waals surface area contributed by atoms with E-state index in [-0.39, 0.29) is 0 Å². The first-order valence-corrected chi connectivity index (χ1v) is 11.3. The summed E-state index contributed by atoms with van der Waals surface area (Å²) < 4.78 is 4.87. The Morgan fingerprint density at radius 1 is 0.625 bits per heavy atom. The van der Waals surface area contributed by atoms with Gasteiger partial charge in [0.15, 0.2) is 0 Å². The van der Waals surface area contributed by atoms with E-state index < -0.39 is 16.2 Å². The molecule has 0 saturated carbocycles. The van der Waals surface area contributed by atoms with Crippen LogP contribution in [0.2, 0.25) is 0 Å². The third-order valence-corrected chi connectivity index (χ3v) is 15.6. The number of hydrogen-bond acceptors (Lipinski definition) is 3. The second-order valence-corrected chi connectivity index (χ2v) is 14.8. The van der Waals surface area contributed by atoms with Crippen molar-refractivity contribution in [2.75, 3.05) is 0 Å². The van der Waals surface area contributed by atoms with Gasteiger partial charge in [-0.2, -0.15) is 0 Å². The van der Waals surface area contributed by atoms with Gasteiger partial charge in [-0.05, 0) is 0 Å². The summed E-state index contributed by atoms with van der Waals surface area (Å²) in [5, 5.41) is 6.61. The van der Waals surface area contributed by atoms with Crippen LogP contribution in [-0.4, -0.2) is 16.2 Å². The normalized spacial score (nSPS) is 10.5. The number of rotatable bonds is 3. The molecule has 3 rings (SSSR count). The molecule has 3 aromatic heterocycles. The molecule has 0 atom stereocenters. The van der Waals surface area contributed by atoms with Crippen molar-refractivity contribution < 1.29 is 0 Å². The van der Waals surface area contributed by atoms with Gasteiger partial charge in [0.05, 0.1) is 0 Å². The van der Waals surface area contributed by atoms with E-state index in [4.69, 9.17) is 0 Å². The van der Waals surface area contributed by atoms with Crippen molar-refractivity contribution in [2.24, 2.45) is 0 Å². The predicted octanol–water partition coefficient (Wildman–Crippen LogP) is 2.39. The molecule has 0 aliphatic heterocycles. The third-order valence-electron chi connectivity index (χ3n) is 2.48. The van der Waals surface area contributed by atoms with Crippen LogP contribution in [0.3, 0.4) is 0 Å². The van der Waals surface area contributed by atoms with Gasteiger partial charge in [-0.15, -0.1) is 0 Å². The molecule has 0 amide bonds. The minimum atomic E-state index is -1.65. The van der Waals surface area contributed by atoms with Crippen LogP contribution in [0.1, 0.15) is 0 Å². The van der Waals surface area contributed by atoms with E-state index >= 15 is 0 Å². The Kier molecular flexibility index (Phi) is 3.35. The van der Waals surface area contributed by atoms with Crippen LogP contribution in [0, 0.1) is 0 Å². The van der Waals surface area contributed by atoms with Crippen LogP contribution < -0.4 is 10.3 Å². The summed E-state index contributed by atoms with van der Waals surface area (Å²) in [6.07, 6.45) is 0. The van der Waals surface area contributed by atoms with E-state index in [1.807, 2.05) is 34.0 Å².